The highest BCUT2D eigenvalue weighted by Crippen LogP contribution is 2.38. The van der Waals surface area contributed by atoms with E-state index in [-0.39, 0.29) is 30.2 Å². The van der Waals surface area contributed by atoms with E-state index in [1.165, 1.54) is 6.42 Å². The Bertz CT molecular complexity index is 1280. The lowest BCUT2D eigenvalue weighted by Gasteiger charge is -2.27. The number of ketones is 1. The number of amides is 4. The summed E-state index contributed by atoms with van der Waals surface area (Å²) in [5.41, 5.74) is 1.26. The molecule has 1 aliphatic carbocycles. The third-order valence-corrected chi connectivity index (χ3v) is 8.93. The average Bonchev–Trinajstić information content (AvgIpc) is 3.70. The Kier molecular flexibility index (Phi) is 8.75. The van der Waals surface area contributed by atoms with Gasteiger partial charge in [-0.05, 0) is 57.1 Å². The maximum atomic E-state index is 13.9. The smallest absolute Gasteiger partial charge is 0.289 e. The standard InChI is InChI=1S/C31H41N5O5/c1-18(2)33-30(40)27(37)24(15-21-12-13-32-28(21)38)35-29(39)26-16-22(19-8-4-3-5-9-19)17-36(26)31(41)25-14-20-10-6-7-11-23(20)34-25/h6-7,10-11,14,18-19,21-22,24,26,34H,3-5,8-9,12-13,15-17H2,1-2H3,(H,32,38)(H,33,40)(H,35,39). The second kappa shape index (κ2) is 12.4. The monoisotopic (exact) mass is 563 g/mol. The lowest BCUT2D eigenvalue weighted by molar-refractivity contribution is -0.141. The predicted molar refractivity (Wildman–Crippen MR) is 154 cm³/mol. The normalized spacial score (nSPS) is 23.9. The number of carbonyl (C=O) groups excluding carboxylic acids is 5. The van der Waals surface area contributed by atoms with Crippen LogP contribution < -0.4 is 16.0 Å². The zero-order chi connectivity index (χ0) is 29.1. The molecule has 2 aliphatic heterocycles. The van der Waals surface area contributed by atoms with Crippen molar-refractivity contribution in [1.29, 1.82) is 0 Å². The van der Waals surface area contributed by atoms with Gasteiger partial charge in [-0.3, -0.25) is 24.0 Å². The first-order valence-electron chi connectivity index (χ1n) is 15.0. The molecule has 1 aromatic carbocycles. The van der Waals surface area contributed by atoms with Crippen molar-refractivity contribution in [3.05, 3.63) is 36.0 Å². The number of nitrogens with zero attached hydrogens (tertiary/aromatic N) is 1. The first-order valence-corrected chi connectivity index (χ1v) is 15.0. The minimum atomic E-state index is -1.16. The molecule has 1 aromatic heterocycles. The van der Waals surface area contributed by atoms with Crippen LogP contribution in [-0.2, 0) is 19.2 Å². The number of likely N-dealkylation sites (tertiary alicyclic amines) is 1. The summed E-state index contributed by atoms with van der Waals surface area (Å²) in [7, 11) is 0. The lowest BCUT2D eigenvalue weighted by Crippen LogP contribution is -2.54. The van der Waals surface area contributed by atoms with Gasteiger partial charge < -0.3 is 25.8 Å². The fourth-order valence-electron chi connectivity index (χ4n) is 6.78. The average molecular weight is 564 g/mol. The van der Waals surface area contributed by atoms with Crippen molar-refractivity contribution in [2.75, 3.05) is 13.1 Å². The van der Waals surface area contributed by atoms with E-state index in [9.17, 15) is 24.0 Å². The highest BCUT2D eigenvalue weighted by molar-refractivity contribution is 6.38. The molecular formula is C31H41N5O5. The van der Waals surface area contributed by atoms with Crippen molar-refractivity contribution in [2.24, 2.45) is 17.8 Å². The van der Waals surface area contributed by atoms with E-state index in [1.807, 2.05) is 30.3 Å². The van der Waals surface area contributed by atoms with Crippen LogP contribution >= 0.6 is 0 Å². The molecule has 4 amide bonds. The highest BCUT2D eigenvalue weighted by atomic mass is 16.2. The summed E-state index contributed by atoms with van der Waals surface area (Å²) < 4.78 is 0. The van der Waals surface area contributed by atoms with Crippen LogP contribution in [0.5, 0.6) is 0 Å². The zero-order valence-corrected chi connectivity index (χ0v) is 23.9. The van der Waals surface area contributed by atoms with Gasteiger partial charge in [0.05, 0.1) is 6.04 Å². The Balaban J connectivity index is 1.39. The molecule has 0 radical (unpaired) electrons. The quantitative estimate of drug-likeness (QED) is 0.347. The Morgan fingerprint density at radius 1 is 1.00 bits per heavy atom. The summed E-state index contributed by atoms with van der Waals surface area (Å²) in [6.45, 7) is 4.46. The molecule has 41 heavy (non-hydrogen) atoms. The maximum Gasteiger partial charge on any atom is 0.289 e. The molecule has 10 nitrogen and oxygen atoms in total. The summed E-state index contributed by atoms with van der Waals surface area (Å²) >= 11 is 0. The van der Waals surface area contributed by atoms with Gasteiger partial charge in [0, 0.05) is 36.0 Å². The van der Waals surface area contributed by atoms with Gasteiger partial charge in [0.1, 0.15) is 11.7 Å². The third kappa shape index (κ3) is 6.47. The van der Waals surface area contributed by atoms with Crippen molar-refractivity contribution >= 4 is 40.3 Å². The number of para-hydroxylation sites is 1. The molecule has 220 valence electrons. The number of nitrogens with one attached hydrogen (secondary N) is 4. The molecule has 3 aliphatic rings. The largest absolute Gasteiger partial charge is 0.356 e. The van der Waals surface area contributed by atoms with Crippen LogP contribution in [0.15, 0.2) is 30.3 Å². The lowest BCUT2D eigenvalue weighted by atomic mass is 9.79. The van der Waals surface area contributed by atoms with E-state index < -0.39 is 35.6 Å². The van der Waals surface area contributed by atoms with Crippen LogP contribution in [0.3, 0.4) is 0 Å². The van der Waals surface area contributed by atoms with Crippen LogP contribution in [0.2, 0.25) is 0 Å². The molecule has 4 N–H and O–H groups in total. The molecule has 2 saturated heterocycles. The van der Waals surface area contributed by atoms with Gasteiger partial charge in [-0.25, -0.2) is 0 Å². The maximum absolute atomic E-state index is 13.9. The molecule has 5 rings (SSSR count). The number of aromatic amines is 1. The third-order valence-electron chi connectivity index (χ3n) is 8.93. The Labute approximate surface area is 240 Å². The number of carbonyl (C=O) groups is 5. The summed E-state index contributed by atoms with van der Waals surface area (Å²) in [5, 5.41) is 9.09. The van der Waals surface area contributed by atoms with Crippen LogP contribution in [-0.4, -0.2) is 70.5 Å². The Hall–Kier alpha value is -3.69. The fourth-order valence-corrected chi connectivity index (χ4v) is 6.78. The van der Waals surface area contributed by atoms with Gasteiger partial charge in [0.25, 0.3) is 11.8 Å². The number of fused-ring (bicyclic) bond motifs is 1. The predicted octanol–water partition coefficient (Wildman–Crippen LogP) is 2.68. The topological polar surface area (TPSA) is 140 Å². The molecule has 3 fully saturated rings. The van der Waals surface area contributed by atoms with Crippen molar-refractivity contribution in [3.8, 4) is 0 Å². The van der Waals surface area contributed by atoms with Gasteiger partial charge in [-0.1, -0.05) is 50.3 Å². The van der Waals surface area contributed by atoms with Gasteiger partial charge in [-0.2, -0.15) is 0 Å². The first kappa shape index (κ1) is 28.8. The van der Waals surface area contributed by atoms with E-state index >= 15 is 0 Å². The highest BCUT2D eigenvalue weighted by Gasteiger charge is 2.44. The summed E-state index contributed by atoms with van der Waals surface area (Å²) in [5.74, 6) is -2.32. The second-order valence-electron chi connectivity index (χ2n) is 12.2. The van der Waals surface area contributed by atoms with Crippen molar-refractivity contribution in [1.82, 2.24) is 25.8 Å². The molecule has 0 bridgehead atoms. The number of rotatable bonds is 9. The molecule has 3 heterocycles. The number of H-pyrrole nitrogens is 1. The number of hydrogen-bond acceptors (Lipinski definition) is 5. The Morgan fingerprint density at radius 3 is 2.44 bits per heavy atom. The first-order chi connectivity index (χ1) is 19.7. The van der Waals surface area contributed by atoms with Crippen LogP contribution in [0, 0.1) is 17.8 Å². The van der Waals surface area contributed by atoms with Crippen molar-refractivity contribution < 1.29 is 24.0 Å². The molecule has 2 aromatic rings. The van der Waals surface area contributed by atoms with Crippen molar-refractivity contribution in [2.45, 2.75) is 83.3 Å². The van der Waals surface area contributed by atoms with Gasteiger partial charge in [0.15, 0.2) is 0 Å². The van der Waals surface area contributed by atoms with Crippen LogP contribution in [0.4, 0.5) is 0 Å². The number of hydrogen-bond donors (Lipinski definition) is 4. The van der Waals surface area contributed by atoms with Crippen molar-refractivity contribution in [3.63, 3.8) is 0 Å². The van der Waals surface area contributed by atoms with Crippen LogP contribution in [0.1, 0.15) is 75.7 Å². The Morgan fingerprint density at radius 2 is 1.76 bits per heavy atom. The molecule has 4 unspecified atom stereocenters. The summed E-state index contributed by atoms with van der Waals surface area (Å²) in [4.78, 5) is 70.8. The summed E-state index contributed by atoms with van der Waals surface area (Å²) in [6.07, 6.45) is 6.76. The minimum absolute atomic E-state index is 0.0384. The molecule has 10 heteroatoms. The number of Topliss-reactive ketones (excluding diaryl/α,β-unsaturated/α-hetero) is 1. The van der Waals surface area contributed by atoms with E-state index in [0.29, 0.717) is 37.5 Å². The molecular weight excluding hydrogens is 522 g/mol. The molecule has 1 saturated carbocycles. The van der Waals surface area contributed by atoms with Crippen LogP contribution in [0.25, 0.3) is 10.9 Å². The van der Waals surface area contributed by atoms with Gasteiger partial charge in [-0.15, -0.1) is 0 Å². The van der Waals surface area contributed by atoms with Gasteiger partial charge in [0.2, 0.25) is 17.6 Å². The SMILES string of the molecule is CC(C)NC(=O)C(=O)C(CC1CCNC1=O)NC(=O)C1CC(C2CCCCC2)CN1C(=O)c1cc2ccccc2[nH]1. The van der Waals surface area contributed by atoms with E-state index in [4.69, 9.17) is 0 Å². The minimum Gasteiger partial charge on any atom is -0.356 e. The summed E-state index contributed by atoms with van der Waals surface area (Å²) in [6, 6.07) is 7.26. The zero-order valence-electron chi connectivity index (χ0n) is 23.9. The van der Waals surface area contributed by atoms with Gasteiger partial charge >= 0.3 is 0 Å². The number of benzene rings is 1. The molecule has 0 spiro atoms. The van der Waals surface area contributed by atoms with E-state index in [2.05, 4.69) is 20.9 Å². The fraction of sp³-hybridized carbons (Fsp3) is 0.581. The molecule has 4 atom stereocenters. The van der Waals surface area contributed by atoms with E-state index in [1.54, 1.807) is 18.7 Å². The van der Waals surface area contributed by atoms with E-state index in [0.717, 1.165) is 36.6 Å². The number of aromatic nitrogens is 1. The second-order valence-corrected chi connectivity index (χ2v) is 12.2.